The predicted molar refractivity (Wildman–Crippen MR) is 107 cm³/mol. The van der Waals surface area contributed by atoms with Crippen molar-refractivity contribution in [2.45, 2.75) is 38.3 Å². The van der Waals surface area contributed by atoms with Crippen LogP contribution in [0.1, 0.15) is 37.1 Å². The van der Waals surface area contributed by atoms with Crippen molar-refractivity contribution in [3.63, 3.8) is 0 Å². The first-order valence-corrected chi connectivity index (χ1v) is 9.22. The Bertz CT molecular complexity index is 901. The molecule has 3 aromatic rings. The summed E-state index contributed by atoms with van der Waals surface area (Å²) in [5.41, 5.74) is 1.83. The van der Waals surface area contributed by atoms with E-state index in [0.29, 0.717) is 30.3 Å². The molecule has 0 unspecified atom stereocenters. The number of piperidine rings is 1. The smallest absolute Gasteiger partial charge is 0.230 e. The molecule has 0 saturated carbocycles. The van der Waals surface area contributed by atoms with Gasteiger partial charge in [0.1, 0.15) is 6.61 Å². The van der Waals surface area contributed by atoms with Gasteiger partial charge in [0, 0.05) is 17.5 Å². The van der Waals surface area contributed by atoms with Gasteiger partial charge in [-0.25, -0.2) is 4.39 Å². The number of benzene rings is 2. The van der Waals surface area contributed by atoms with Crippen molar-refractivity contribution in [1.29, 1.82) is 0 Å². The quantitative estimate of drug-likeness (QED) is 0.667. The predicted octanol–water partition coefficient (Wildman–Crippen LogP) is 4.73. The Hall–Kier alpha value is -2.44. The third kappa shape index (κ3) is 4.69. The van der Waals surface area contributed by atoms with E-state index in [0.717, 1.165) is 30.5 Å². The molecule has 2 atom stereocenters. The average Bonchev–Trinajstić information content (AvgIpc) is 3.18. The van der Waals surface area contributed by atoms with Gasteiger partial charge in [0.25, 0.3) is 0 Å². The first kappa shape index (κ1) is 20.3. The van der Waals surface area contributed by atoms with Gasteiger partial charge in [-0.05, 0) is 44.0 Å². The molecule has 1 aromatic heterocycles. The lowest BCUT2D eigenvalue weighted by Gasteiger charge is -2.25. The summed E-state index contributed by atoms with van der Waals surface area (Å²) in [5, 5.41) is 7.56. The first-order chi connectivity index (χ1) is 13.2. The van der Waals surface area contributed by atoms with E-state index in [1.807, 2.05) is 24.3 Å². The fourth-order valence-corrected chi connectivity index (χ4v) is 3.35. The van der Waals surface area contributed by atoms with E-state index in [-0.39, 0.29) is 24.0 Å². The molecule has 1 fully saturated rings. The Balaban J connectivity index is 0.00000225. The number of para-hydroxylation sites is 1. The second kappa shape index (κ2) is 9.17. The molecular formula is C21H23ClFN3O2. The van der Waals surface area contributed by atoms with E-state index in [2.05, 4.69) is 22.4 Å². The maximum Gasteiger partial charge on any atom is 0.230 e. The molecule has 0 bridgehead atoms. The van der Waals surface area contributed by atoms with Gasteiger partial charge in [0.05, 0.1) is 0 Å². The summed E-state index contributed by atoms with van der Waals surface area (Å²) < 4.78 is 24.6. The van der Waals surface area contributed by atoms with Crippen LogP contribution in [0.25, 0.3) is 11.4 Å². The molecular weight excluding hydrogens is 381 g/mol. The Morgan fingerprint density at radius 1 is 1.18 bits per heavy atom. The second-order valence-electron chi connectivity index (χ2n) is 6.95. The number of hydrogen-bond acceptors (Lipinski definition) is 5. The van der Waals surface area contributed by atoms with E-state index in [1.165, 1.54) is 6.07 Å². The van der Waals surface area contributed by atoms with Crippen LogP contribution < -0.4 is 10.1 Å². The minimum absolute atomic E-state index is 0. The summed E-state index contributed by atoms with van der Waals surface area (Å²) >= 11 is 0. The maximum atomic E-state index is 13.6. The second-order valence-corrected chi connectivity index (χ2v) is 6.95. The number of ether oxygens (including phenoxy) is 1. The number of hydrogen-bond donors (Lipinski definition) is 1. The van der Waals surface area contributed by atoms with E-state index in [9.17, 15) is 4.39 Å². The van der Waals surface area contributed by atoms with Crippen LogP contribution in [0.4, 0.5) is 4.39 Å². The molecule has 0 radical (unpaired) electrons. The highest BCUT2D eigenvalue weighted by atomic mass is 35.5. The molecule has 0 spiro atoms. The molecule has 1 N–H and O–H groups in total. The molecule has 1 saturated heterocycles. The molecule has 148 valence electrons. The number of nitrogens with one attached hydrogen (secondary N) is 1. The summed E-state index contributed by atoms with van der Waals surface area (Å²) in [6.07, 6.45) is 2.02. The van der Waals surface area contributed by atoms with Crippen LogP contribution in [-0.4, -0.2) is 22.7 Å². The molecule has 0 amide bonds. The summed E-state index contributed by atoms with van der Waals surface area (Å²) in [5.74, 6) is 1.51. The average molecular weight is 404 g/mol. The van der Waals surface area contributed by atoms with Crippen molar-refractivity contribution < 1.29 is 13.7 Å². The Labute approximate surface area is 169 Å². The van der Waals surface area contributed by atoms with Crippen molar-refractivity contribution >= 4 is 12.4 Å². The van der Waals surface area contributed by atoms with Crippen LogP contribution in [0.2, 0.25) is 0 Å². The van der Waals surface area contributed by atoms with Crippen LogP contribution in [0.5, 0.6) is 5.75 Å². The van der Waals surface area contributed by atoms with E-state index >= 15 is 0 Å². The van der Waals surface area contributed by atoms with Gasteiger partial charge in [-0.3, -0.25) is 0 Å². The normalized spacial score (nSPS) is 19.1. The maximum absolute atomic E-state index is 13.6. The van der Waals surface area contributed by atoms with Crippen LogP contribution in [0.15, 0.2) is 53.1 Å². The molecule has 0 aliphatic carbocycles. The Kier molecular flexibility index (Phi) is 6.65. The fraction of sp³-hybridized carbons (Fsp3) is 0.333. The monoisotopic (exact) mass is 403 g/mol. The lowest BCUT2D eigenvalue weighted by Crippen LogP contribution is -2.34. The number of aromatic nitrogens is 2. The molecule has 28 heavy (non-hydrogen) atoms. The van der Waals surface area contributed by atoms with Crippen LogP contribution >= 0.6 is 12.4 Å². The zero-order valence-corrected chi connectivity index (χ0v) is 16.4. The number of nitrogens with zero attached hydrogens (tertiary/aromatic N) is 2. The van der Waals surface area contributed by atoms with Crippen LogP contribution in [0, 0.1) is 5.82 Å². The van der Waals surface area contributed by atoms with Gasteiger partial charge in [-0.2, -0.15) is 4.98 Å². The number of rotatable bonds is 5. The lowest BCUT2D eigenvalue weighted by atomic mass is 9.93. The van der Waals surface area contributed by atoms with Crippen molar-refractivity contribution in [1.82, 2.24) is 15.5 Å². The minimum atomic E-state index is -0.360. The standard InChI is InChI=1S/C21H22FN3O2.ClH/c1-14-12-17(10-11-23-14)21-24-20(25-27-21)16-8-6-15(7-9-16)13-26-19-5-3-2-4-18(19)22;/h2-9,14,17,23H,10-13H2,1H3;1H/t14-,17-;/m0./s1. The molecule has 2 heterocycles. The van der Waals surface area contributed by atoms with E-state index < -0.39 is 0 Å². The van der Waals surface area contributed by atoms with Crippen LogP contribution in [-0.2, 0) is 6.61 Å². The molecule has 5 nitrogen and oxygen atoms in total. The van der Waals surface area contributed by atoms with Gasteiger partial charge in [-0.1, -0.05) is 41.6 Å². The molecule has 1 aliphatic rings. The van der Waals surface area contributed by atoms with Crippen molar-refractivity contribution in [2.75, 3.05) is 6.54 Å². The van der Waals surface area contributed by atoms with Gasteiger partial charge in [0.15, 0.2) is 11.6 Å². The first-order valence-electron chi connectivity index (χ1n) is 9.22. The topological polar surface area (TPSA) is 60.2 Å². The SMILES string of the molecule is C[C@H]1C[C@@H](c2nc(-c3ccc(COc4ccccc4F)cc3)no2)CCN1.Cl. The van der Waals surface area contributed by atoms with Crippen molar-refractivity contribution in [2.24, 2.45) is 0 Å². The van der Waals surface area contributed by atoms with Gasteiger partial charge in [-0.15, -0.1) is 12.4 Å². The highest BCUT2D eigenvalue weighted by molar-refractivity contribution is 5.85. The van der Waals surface area contributed by atoms with Gasteiger partial charge in [0.2, 0.25) is 11.7 Å². The molecule has 7 heteroatoms. The Morgan fingerprint density at radius 3 is 2.71 bits per heavy atom. The minimum Gasteiger partial charge on any atom is -0.486 e. The highest BCUT2D eigenvalue weighted by Gasteiger charge is 2.25. The third-order valence-electron chi connectivity index (χ3n) is 4.86. The van der Waals surface area contributed by atoms with Crippen molar-refractivity contribution in [3.8, 4) is 17.1 Å². The van der Waals surface area contributed by atoms with Crippen molar-refractivity contribution in [3.05, 3.63) is 65.8 Å². The summed E-state index contributed by atoms with van der Waals surface area (Å²) in [6, 6.07) is 14.6. The van der Waals surface area contributed by atoms with Gasteiger partial charge >= 0.3 is 0 Å². The molecule has 4 rings (SSSR count). The van der Waals surface area contributed by atoms with E-state index in [1.54, 1.807) is 18.2 Å². The molecule has 2 aromatic carbocycles. The largest absolute Gasteiger partial charge is 0.486 e. The molecule has 1 aliphatic heterocycles. The summed E-state index contributed by atoms with van der Waals surface area (Å²) in [6.45, 7) is 3.44. The fourth-order valence-electron chi connectivity index (χ4n) is 3.35. The lowest BCUT2D eigenvalue weighted by molar-refractivity contribution is 0.290. The summed E-state index contributed by atoms with van der Waals surface area (Å²) in [4.78, 5) is 4.59. The van der Waals surface area contributed by atoms with Crippen LogP contribution in [0.3, 0.4) is 0 Å². The highest BCUT2D eigenvalue weighted by Crippen LogP contribution is 2.28. The summed E-state index contributed by atoms with van der Waals surface area (Å²) in [7, 11) is 0. The van der Waals surface area contributed by atoms with E-state index in [4.69, 9.17) is 9.26 Å². The zero-order chi connectivity index (χ0) is 18.6. The third-order valence-corrected chi connectivity index (χ3v) is 4.86. The number of halogens is 2. The zero-order valence-electron chi connectivity index (χ0n) is 15.6. The van der Waals surface area contributed by atoms with Gasteiger partial charge < -0.3 is 14.6 Å². The Morgan fingerprint density at radius 2 is 1.96 bits per heavy atom.